The van der Waals surface area contributed by atoms with Crippen LogP contribution >= 0.6 is 11.6 Å². The average molecular weight is 280 g/mol. The van der Waals surface area contributed by atoms with Crippen LogP contribution in [0.2, 0.25) is 5.02 Å². The fraction of sp³-hybridized carbons (Fsp3) is 0.200. The van der Waals surface area contributed by atoms with Crippen molar-refractivity contribution in [1.29, 1.82) is 0 Å². The third-order valence-electron chi connectivity index (χ3n) is 2.97. The van der Waals surface area contributed by atoms with Gasteiger partial charge in [-0.25, -0.2) is 4.39 Å². The standard InChI is InChI=1S/C15H15ClFNO/c1-10-2-3-11(8-14(10)17)15(9-19)18-13-6-4-12(16)5-7-13/h2-8,15,18-19H,9H2,1H3. The van der Waals surface area contributed by atoms with E-state index in [4.69, 9.17) is 11.6 Å². The van der Waals surface area contributed by atoms with Crippen molar-refractivity contribution in [2.75, 3.05) is 11.9 Å². The minimum absolute atomic E-state index is 0.120. The van der Waals surface area contributed by atoms with Gasteiger partial charge in [-0.15, -0.1) is 0 Å². The summed E-state index contributed by atoms with van der Waals surface area (Å²) in [6.07, 6.45) is 0. The van der Waals surface area contributed by atoms with E-state index >= 15 is 0 Å². The molecule has 0 aliphatic heterocycles. The zero-order valence-corrected chi connectivity index (χ0v) is 11.3. The quantitative estimate of drug-likeness (QED) is 0.889. The Morgan fingerprint density at radius 2 is 1.89 bits per heavy atom. The van der Waals surface area contributed by atoms with Gasteiger partial charge in [0, 0.05) is 10.7 Å². The van der Waals surface area contributed by atoms with E-state index in [1.165, 1.54) is 6.07 Å². The van der Waals surface area contributed by atoms with E-state index in [-0.39, 0.29) is 18.5 Å². The lowest BCUT2D eigenvalue weighted by Gasteiger charge is -2.18. The largest absolute Gasteiger partial charge is 0.394 e. The molecule has 0 aliphatic carbocycles. The third kappa shape index (κ3) is 3.46. The lowest BCUT2D eigenvalue weighted by atomic mass is 10.0. The topological polar surface area (TPSA) is 32.3 Å². The smallest absolute Gasteiger partial charge is 0.126 e. The van der Waals surface area contributed by atoms with Crippen LogP contribution in [0.3, 0.4) is 0 Å². The number of anilines is 1. The van der Waals surface area contributed by atoms with E-state index in [2.05, 4.69) is 5.32 Å². The first-order chi connectivity index (χ1) is 9.10. The highest BCUT2D eigenvalue weighted by molar-refractivity contribution is 6.30. The van der Waals surface area contributed by atoms with Crippen LogP contribution in [0.4, 0.5) is 10.1 Å². The maximum Gasteiger partial charge on any atom is 0.126 e. The SMILES string of the molecule is Cc1ccc(C(CO)Nc2ccc(Cl)cc2)cc1F. The van der Waals surface area contributed by atoms with Crippen LogP contribution in [0.1, 0.15) is 17.2 Å². The molecule has 0 aliphatic rings. The van der Waals surface area contributed by atoms with Crippen LogP contribution in [-0.4, -0.2) is 11.7 Å². The third-order valence-corrected chi connectivity index (χ3v) is 3.22. The molecule has 19 heavy (non-hydrogen) atoms. The fourth-order valence-electron chi connectivity index (χ4n) is 1.81. The van der Waals surface area contributed by atoms with Crippen LogP contribution in [0.5, 0.6) is 0 Å². The Morgan fingerprint density at radius 3 is 2.47 bits per heavy atom. The molecule has 0 saturated heterocycles. The summed E-state index contributed by atoms with van der Waals surface area (Å²) in [5.41, 5.74) is 2.12. The van der Waals surface area contributed by atoms with E-state index in [0.717, 1.165) is 5.69 Å². The molecule has 2 aromatic carbocycles. The van der Waals surface area contributed by atoms with Gasteiger partial charge in [0.05, 0.1) is 12.6 Å². The summed E-state index contributed by atoms with van der Waals surface area (Å²) < 4.78 is 13.5. The molecule has 0 fully saturated rings. The number of aliphatic hydroxyl groups excluding tert-OH is 1. The molecule has 0 saturated carbocycles. The van der Waals surface area contributed by atoms with E-state index < -0.39 is 0 Å². The molecule has 100 valence electrons. The Bertz CT molecular complexity index is 557. The van der Waals surface area contributed by atoms with Gasteiger partial charge in [0.2, 0.25) is 0 Å². The second-order valence-corrected chi connectivity index (χ2v) is 4.83. The Morgan fingerprint density at radius 1 is 1.21 bits per heavy atom. The van der Waals surface area contributed by atoms with Gasteiger partial charge in [-0.1, -0.05) is 23.7 Å². The van der Waals surface area contributed by atoms with E-state index in [1.807, 2.05) is 18.2 Å². The van der Waals surface area contributed by atoms with Crippen molar-refractivity contribution in [2.24, 2.45) is 0 Å². The van der Waals surface area contributed by atoms with Gasteiger partial charge < -0.3 is 10.4 Å². The molecule has 1 unspecified atom stereocenters. The minimum atomic E-state index is -0.351. The van der Waals surface area contributed by atoms with Crippen LogP contribution in [-0.2, 0) is 0 Å². The van der Waals surface area contributed by atoms with Crippen molar-refractivity contribution < 1.29 is 9.50 Å². The highest BCUT2D eigenvalue weighted by Gasteiger charge is 2.11. The summed E-state index contributed by atoms with van der Waals surface area (Å²) in [4.78, 5) is 0. The highest BCUT2D eigenvalue weighted by Crippen LogP contribution is 2.22. The first-order valence-electron chi connectivity index (χ1n) is 5.99. The second kappa shape index (κ2) is 6.04. The van der Waals surface area contributed by atoms with Crippen molar-refractivity contribution in [2.45, 2.75) is 13.0 Å². The molecule has 4 heteroatoms. The Labute approximate surface area is 116 Å². The highest BCUT2D eigenvalue weighted by atomic mass is 35.5. The van der Waals surface area contributed by atoms with Crippen LogP contribution in [0, 0.1) is 12.7 Å². The number of hydrogen-bond donors (Lipinski definition) is 2. The van der Waals surface area contributed by atoms with E-state index in [0.29, 0.717) is 16.1 Å². The van der Waals surface area contributed by atoms with Crippen LogP contribution in [0.15, 0.2) is 42.5 Å². The normalized spacial score (nSPS) is 12.2. The van der Waals surface area contributed by atoms with E-state index in [1.54, 1.807) is 25.1 Å². The molecule has 2 nitrogen and oxygen atoms in total. The van der Waals surface area contributed by atoms with Crippen molar-refractivity contribution in [3.05, 3.63) is 64.4 Å². The molecular weight excluding hydrogens is 265 g/mol. The Hall–Kier alpha value is -1.58. The molecule has 0 bridgehead atoms. The maximum atomic E-state index is 13.5. The minimum Gasteiger partial charge on any atom is -0.394 e. The Balaban J connectivity index is 2.19. The average Bonchev–Trinajstić information content (AvgIpc) is 2.41. The van der Waals surface area contributed by atoms with Crippen molar-refractivity contribution in [1.82, 2.24) is 0 Å². The maximum absolute atomic E-state index is 13.5. The molecule has 0 spiro atoms. The lowest BCUT2D eigenvalue weighted by Crippen LogP contribution is -2.15. The zero-order valence-electron chi connectivity index (χ0n) is 10.5. The first-order valence-corrected chi connectivity index (χ1v) is 6.37. The number of rotatable bonds is 4. The van der Waals surface area contributed by atoms with Gasteiger partial charge in [0.25, 0.3) is 0 Å². The number of benzene rings is 2. The summed E-state index contributed by atoms with van der Waals surface area (Å²) in [7, 11) is 0. The van der Waals surface area contributed by atoms with Gasteiger partial charge in [-0.05, 0) is 48.4 Å². The number of aliphatic hydroxyl groups is 1. The van der Waals surface area contributed by atoms with Crippen LogP contribution in [0.25, 0.3) is 0 Å². The summed E-state index contributed by atoms with van der Waals surface area (Å²) in [6.45, 7) is 1.59. The fourth-order valence-corrected chi connectivity index (χ4v) is 1.93. The molecule has 0 radical (unpaired) electrons. The lowest BCUT2D eigenvalue weighted by molar-refractivity contribution is 0.276. The summed E-state index contributed by atoms with van der Waals surface area (Å²) >= 11 is 5.81. The van der Waals surface area contributed by atoms with Gasteiger partial charge >= 0.3 is 0 Å². The van der Waals surface area contributed by atoms with Crippen molar-refractivity contribution >= 4 is 17.3 Å². The van der Waals surface area contributed by atoms with Crippen molar-refractivity contribution in [3.63, 3.8) is 0 Å². The summed E-state index contributed by atoms with van der Waals surface area (Å²) in [5.74, 6) is -0.270. The van der Waals surface area contributed by atoms with Crippen molar-refractivity contribution in [3.8, 4) is 0 Å². The molecular formula is C15H15ClFNO. The predicted octanol–water partition coefficient (Wildman–Crippen LogP) is 3.93. The molecule has 2 rings (SSSR count). The van der Waals surface area contributed by atoms with E-state index in [9.17, 15) is 9.50 Å². The second-order valence-electron chi connectivity index (χ2n) is 4.40. The molecule has 1 atom stereocenters. The summed E-state index contributed by atoms with van der Waals surface area (Å²) in [6, 6.07) is 11.8. The zero-order chi connectivity index (χ0) is 13.8. The number of nitrogens with one attached hydrogen (secondary N) is 1. The molecule has 0 amide bonds. The van der Waals surface area contributed by atoms with Gasteiger partial charge in [0.1, 0.15) is 5.82 Å². The number of hydrogen-bond acceptors (Lipinski definition) is 2. The molecule has 2 N–H and O–H groups in total. The molecule has 2 aromatic rings. The van der Waals surface area contributed by atoms with Gasteiger partial charge in [-0.2, -0.15) is 0 Å². The summed E-state index contributed by atoms with van der Waals surface area (Å²) in [5, 5.41) is 13.2. The van der Waals surface area contributed by atoms with Gasteiger partial charge in [-0.3, -0.25) is 0 Å². The number of halogens is 2. The molecule has 0 heterocycles. The predicted molar refractivity (Wildman–Crippen MR) is 76.0 cm³/mol. The molecule has 0 aromatic heterocycles. The van der Waals surface area contributed by atoms with Crippen LogP contribution < -0.4 is 5.32 Å². The monoisotopic (exact) mass is 279 g/mol. The number of aryl methyl sites for hydroxylation is 1. The first kappa shape index (κ1) is 13.8. The van der Waals surface area contributed by atoms with Gasteiger partial charge in [0.15, 0.2) is 0 Å². The Kier molecular flexibility index (Phi) is 4.40.